The molecule has 0 atom stereocenters. The first kappa shape index (κ1) is 13.5. The van der Waals surface area contributed by atoms with Crippen LogP contribution >= 0.6 is 0 Å². The highest BCUT2D eigenvalue weighted by molar-refractivity contribution is 5.86. The van der Waals surface area contributed by atoms with Gasteiger partial charge in [0.25, 0.3) is 5.69 Å². The summed E-state index contributed by atoms with van der Waals surface area (Å²) in [4.78, 5) is 21.4. The number of ether oxygens (including phenoxy) is 1. The van der Waals surface area contributed by atoms with E-state index in [2.05, 4.69) is 10.3 Å². The van der Waals surface area contributed by atoms with Crippen LogP contribution in [0.2, 0.25) is 0 Å². The molecule has 0 spiro atoms. The number of hydrogen-bond donors (Lipinski definition) is 1. The summed E-state index contributed by atoms with van der Waals surface area (Å²) in [5, 5.41) is 27.1. The number of carbonyl (C=O) groups is 1. The molecule has 0 amide bonds. The van der Waals surface area contributed by atoms with E-state index in [-0.39, 0.29) is 22.8 Å². The fraction of sp³-hybridized carbons (Fsp3) is 0.182. The highest BCUT2D eigenvalue weighted by Crippen LogP contribution is 2.28. The monoisotopic (exact) mass is 278 g/mol. The van der Waals surface area contributed by atoms with Crippen molar-refractivity contribution in [1.82, 2.24) is 15.0 Å². The Labute approximate surface area is 112 Å². The number of carboxylic acids is 1. The van der Waals surface area contributed by atoms with E-state index in [1.807, 2.05) is 0 Å². The Morgan fingerprint density at radius 1 is 1.50 bits per heavy atom. The van der Waals surface area contributed by atoms with Crippen molar-refractivity contribution in [2.45, 2.75) is 6.92 Å². The molecular formula is C11H10N4O5. The lowest BCUT2D eigenvalue weighted by molar-refractivity contribution is -0.384. The molecule has 104 valence electrons. The normalized spacial score (nSPS) is 10.3. The quantitative estimate of drug-likeness (QED) is 0.658. The minimum absolute atomic E-state index is 0.119. The Balaban J connectivity index is 2.63. The third kappa shape index (κ3) is 2.16. The van der Waals surface area contributed by atoms with E-state index in [9.17, 15) is 14.9 Å². The van der Waals surface area contributed by atoms with Crippen LogP contribution in [0.1, 0.15) is 16.2 Å². The lowest BCUT2D eigenvalue weighted by Crippen LogP contribution is -2.05. The number of carboxylic acid groups (broad SMARTS) is 1. The molecule has 1 aromatic carbocycles. The van der Waals surface area contributed by atoms with E-state index >= 15 is 0 Å². The molecule has 0 radical (unpaired) electrons. The van der Waals surface area contributed by atoms with Gasteiger partial charge < -0.3 is 9.84 Å². The number of nitrogens with zero attached hydrogens (tertiary/aromatic N) is 4. The van der Waals surface area contributed by atoms with E-state index in [1.165, 1.54) is 32.2 Å². The molecule has 0 bridgehead atoms. The van der Waals surface area contributed by atoms with E-state index < -0.39 is 10.9 Å². The van der Waals surface area contributed by atoms with Crippen molar-refractivity contribution in [3.05, 3.63) is 39.7 Å². The molecule has 2 aromatic rings. The minimum atomic E-state index is -1.25. The van der Waals surface area contributed by atoms with E-state index in [1.54, 1.807) is 0 Å². The van der Waals surface area contributed by atoms with E-state index in [0.29, 0.717) is 5.75 Å². The van der Waals surface area contributed by atoms with Gasteiger partial charge in [-0.05, 0) is 19.1 Å². The second-order valence-electron chi connectivity index (χ2n) is 3.85. The molecule has 2 rings (SSSR count). The fourth-order valence-electron chi connectivity index (χ4n) is 1.71. The van der Waals surface area contributed by atoms with Crippen molar-refractivity contribution in [2.24, 2.45) is 0 Å². The number of nitro groups is 1. The maximum Gasteiger partial charge on any atom is 0.358 e. The number of nitro benzene ring substituents is 1. The second-order valence-corrected chi connectivity index (χ2v) is 3.85. The molecule has 1 heterocycles. The van der Waals surface area contributed by atoms with Crippen molar-refractivity contribution >= 4 is 11.7 Å². The Kier molecular flexibility index (Phi) is 3.34. The molecule has 0 aliphatic carbocycles. The van der Waals surface area contributed by atoms with Crippen molar-refractivity contribution in [3.8, 4) is 11.4 Å². The van der Waals surface area contributed by atoms with Crippen LogP contribution in [0, 0.1) is 17.0 Å². The predicted octanol–water partition coefficient (Wildman–Crippen LogP) is 1.19. The zero-order chi connectivity index (χ0) is 14.9. The summed E-state index contributed by atoms with van der Waals surface area (Å²) in [6, 6.07) is 4.17. The van der Waals surface area contributed by atoms with Crippen LogP contribution in [-0.2, 0) is 0 Å². The van der Waals surface area contributed by atoms with Gasteiger partial charge in [0.2, 0.25) is 0 Å². The molecule has 9 nitrogen and oxygen atoms in total. The minimum Gasteiger partial charge on any atom is -0.496 e. The van der Waals surface area contributed by atoms with Crippen molar-refractivity contribution in [1.29, 1.82) is 0 Å². The zero-order valence-corrected chi connectivity index (χ0v) is 10.6. The molecule has 1 N–H and O–H groups in total. The van der Waals surface area contributed by atoms with Crippen molar-refractivity contribution in [3.63, 3.8) is 0 Å². The Hall–Kier alpha value is -2.97. The number of aromatic nitrogens is 3. The van der Waals surface area contributed by atoms with Crippen LogP contribution in [0.4, 0.5) is 5.69 Å². The van der Waals surface area contributed by atoms with Gasteiger partial charge in [-0.25, -0.2) is 9.48 Å². The summed E-state index contributed by atoms with van der Waals surface area (Å²) >= 11 is 0. The molecule has 0 unspecified atom stereocenters. The SMILES string of the molecule is COc1ccc(-n2nnc(C(=O)O)c2C)c([N+](=O)[O-])c1. The molecule has 0 fully saturated rings. The Bertz CT molecular complexity index is 694. The van der Waals surface area contributed by atoms with Gasteiger partial charge in [-0.3, -0.25) is 10.1 Å². The maximum atomic E-state index is 11.1. The summed E-state index contributed by atoms with van der Waals surface area (Å²) < 4.78 is 6.04. The van der Waals surface area contributed by atoms with Gasteiger partial charge in [0, 0.05) is 0 Å². The van der Waals surface area contributed by atoms with Gasteiger partial charge in [0.15, 0.2) is 5.69 Å². The van der Waals surface area contributed by atoms with E-state index in [4.69, 9.17) is 9.84 Å². The standard InChI is InChI=1S/C11H10N4O5/c1-6-10(11(16)17)12-13-14(6)8-4-3-7(20-2)5-9(8)15(18)19/h3-5H,1-2H3,(H,16,17). The van der Waals surface area contributed by atoms with Gasteiger partial charge in [0.05, 0.1) is 23.8 Å². The third-order valence-corrected chi connectivity index (χ3v) is 2.70. The highest BCUT2D eigenvalue weighted by atomic mass is 16.6. The van der Waals surface area contributed by atoms with Gasteiger partial charge >= 0.3 is 5.97 Å². The summed E-state index contributed by atoms with van der Waals surface area (Å²) in [5.41, 5.74) is -0.191. The lowest BCUT2D eigenvalue weighted by Gasteiger charge is -2.06. The smallest absolute Gasteiger partial charge is 0.358 e. The molecule has 0 aliphatic heterocycles. The first-order valence-corrected chi connectivity index (χ1v) is 5.44. The second kappa shape index (κ2) is 4.96. The van der Waals surface area contributed by atoms with Crippen LogP contribution in [-0.4, -0.2) is 38.1 Å². The van der Waals surface area contributed by atoms with Crippen LogP contribution in [0.5, 0.6) is 5.75 Å². The number of rotatable bonds is 4. The number of aromatic carboxylic acids is 1. The molecular weight excluding hydrogens is 268 g/mol. The number of methoxy groups -OCH3 is 1. The zero-order valence-electron chi connectivity index (χ0n) is 10.6. The summed E-state index contributed by atoms with van der Waals surface area (Å²) in [7, 11) is 1.39. The number of benzene rings is 1. The van der Waals surface area contributed by atoms with Crippen LogP contribution in [0.25, 0.3) is 5.69 Å². The largest absolute Gasteiger partial charge is 0.496 e. The highest BCUT2D eigenvalue weighted by Gasteiger charge is 2.22. The third-order valence-electron chi connectivity index (χ3n) is 2.70. The van der Waals surface area contributed by atoms with Crippen molar-refractivity contribution < 1.29 is 19.6 Å². The van der Waals surface area contributed by atoms with Crippen LogP contribution in [0.15, 0.2) is 18.2 Å². The molecule has 0 aliphatic rings. The van der Waals surface area contributed by atoms with Crippen LogP contribution < -0.4 is 4.74 Å². The lowest BCUT2D eigenvalue weighted by atomic mass is 10.2. The topological polar surface area (TPSA) is 120 Å². The summed E-state index contributed by atoms with van der Waals surface area (Å²) in [5.74, 6) is -0.929. The molecule has 0 saturated carbocycles. The average molecular weight is 278 g/mol. The first-order valence-electron chi connectivity index (χ1n) is 5.44. The summed E-state index contributed by atoms with van der Waals surface area (Å²) in [6.45, 7) is 1.47. The molecule has 9 heteroatoms. The predicted molar refractivity (Wildman–Crippen MR) is 66.3 cm³/mol. The van der Waals surface area contributed by atoms with Gasteiger partial charge in [-0.15, -0.1) is 5.10 Å². The van der Waals surface area contributed by atoms with E-state index in [0.717, 1.165) is 4.68 Å². The average Bonchev–Trinajstić information content (AvgIpc) is 2.79. The van der Waals surface area contributed by atoms with Gasteiger partial charge in [0.1, 0.15) is 11.4 Å². The summed E-state index contributed by atoms with van der Waals surface area (Å²) in [6.07, 6.45) is 0. The maximum absolute atomic E-state index is 11.1. The number of hydrogen-bond acceptors (Lipinski definition) is 6. The Morgan fingerprint density at radius 2 is 2.20 bits per heavy atom. The van der Waals surface area contributed by atoms with Gasteiger partial charge in [-0.2, -0.15) is 0 Å². The molecule has 20 heavy (non-hydrogen) atoms. The van der Waals surface area contributed by atoms with Crippen LogP contribution in [0.3, 0.4) is 0 Å². The van der Waals surface area contributed by atoms with Crippen molar-refractivity contribution in [2.75, 3.05) is 7.11 Å². The Morgan fingerprint density at radius 3 is 2.70 bits per heavy atom. The first-order chi connectivity index (χ1) is 9.45. The molecule has 1 aromatic heterocycles. The molecule has 0 saturated heterocycles. The van der Waals surface area contributed by atoms with Gasteiger partial charge in [-0.1, -0.05) is 5.21 Å². The fourth-order valence-corrected chi connectivity index (χ4v) is 1.71.